The van der Waals surface area contributed by atoms with Crippen molar-refractivity contribution in [3.05, 3.63) is 58.5 Å². The Morgan fingerprint density at radius 3 is 2.42 bits per heavy atom. The normalized spacial score (nSPS) is 13.2. The molecule has 0 aliphatic carbocycles. The van der Waals surface area contributed by atoms with E-state index < -0.39 is 15.9 Å². The van der Waals surface area contributed by atoms with Crippen LogP contribution in [0.5, 0.6) is 5.75 Å². The van der Waals surface area contributed by atoms with Crippen LogP contribution >= 0.6 is 11.3 Å². The van der Waals surface area contributed by atoms with Crippen molar-refractivity contribution in [3.8, 4) is 5.75 Å². The predicted molar refractivity (Wildman–Crippen MR) is 124 cm³/mol. The Bertz CT molecular complexity index is 1220. The standard InChI is InChI=1S/C23H27NO5S2/c1-14(28-5)18-13-30-20-11-15(7-9-17(18)20)22(25)24-31(26,27)21-12-16(23(2,3)4)8-10-19(21)29-6/h7-14H,1-6H3,(H,24,25). The fourth-order valence-corrected chi connectivity index (χ4v) is 5.47. The minimum Gasteiger partial charge on any atom is -0.495 e. The van der Waals surface area contributed by atoms with E-state index in [9.17, 15) is 13.2 Å². The second-order valence-electron chi connectivity index (χ2n) is 8.33. The van der Waals surface area contributed by atoms with Crippen molar-refractivity contribution in [1.29, 1.82) is 0 Å². The lowest BCUT2D eigenvalue weighted by molar-refractivity contribution is 0.0981. The SMILES string of the molecule is COc1ccc(C(C)(C)C)cc1S(=O)(=O)NC(=O)c1ccc2c(C(C)OC)csc2c1. The summed E-state index contributed by atoms with van der Waals surface area (Å²) in [6.07, 6.45) is -0.0728. The Hall–Kier alpha value is -2.42. The van der Waals surface area contributed by atoms with Crippen LogP contribution in [0.3, 0.4) is 0 Å². The van der Waals surface area contributed by atoms with Crippen LogP contribution in [0.25, 0.3) is 10.1 Å². The molecule has 0 bridgehead atoms. The Balaban J connectivity index is 1.94. The van der Waals surface area contributed by atoms with Gasteiger partial charge in [-0.15, -0.1) is 11.3 Å². The topological polar surface area (TPSA) is 81.7 Å². The average molecular weight is 462 g/mol. The molecule has 3 rings (SSSR count). The molecule has 0 fully saturated rings. The fourth-order valence-electron chi connectivity index (χ4n) is 3.22. The van der Waals surface area contributed by atoms with Gasteiger partial charge in [-0.2, -0.15) is 0 Å². The van der Waals surface area contributed by atoms with Crippen molar-refractivity contribution < 1.29 is 22.7 Å². The molecule has 31 heavy (non-hydrogen) atoms. The quantitative estimate of drug-likeness (QED) is 0.557. The summed E-state index contributed by atoms with van der Waals surface area (Å²) in [7, 11) is -1.10. The van der Waals surface area contributed by atoms with E-state index in [1.807, 2.05) is 45.2 Å². The van der Waals surface area contributed by atoms with Crippen LogP contribution in [0.4, 0.5) is 0 Å². The zero-order valence-corrected chi connectivity index (χ0v) is 20.1. The highest BCUT2D eigenvalue weighted by Crippen LogP contribution is 2.33. The molecule has 0 aliphatic heterocycles. The molecule has 0 aliphatic rings. The third kappa shape index (κ3) is 4.76. The van der Waals surface area contributed by atoms with Crippen molar-refractivity contribution in [2.45, 2.75) is 44.1 Å². The van der Waals surface area contributed by atoms with Gasteiger partial charge in [0.2, 0.25) is 0 Å². The highest BCUT2D eigenvalue weighted by molar-refractivity contribution is 7.90. The van der Waals surface area contributed by atoms with Crippen LogP contribution in [0, 0.1) is 0 Å². The first-order chi connectivity index (χ1) is 14.5. The molecule has 1 amide bonds. The minimum atomic E-state index is -4.14. The second kappa shape index (κ2) is 8.61. The third-order valence-corrected chi connectivity index (χ3v) is 7.52. The molecular formula is C23H27NO5S2. The predicted octanol–water partition coefficient (Wildman–Crippen LogP) is 5.03. The molecule has 1 unspecified atom stereocenters. The van der Waals surface area contributed by atoms with E-state index in [4.69, 9.17) is 9.47 Å². The maximum Gasteiger partial charge on any atom is 0.268 e. The monoisotopic (exact) mass is 461 g/mol. The van der Waals surface area contributed by atoms with Gasteiger partial charge < -0.3 is 9.47 Å². The van der Waals surface area contributed by atoms with E-state index in [0.29, 0.717) is 0 Å². The zero-order valence-electron chi connectivity index (χ0n) is 18.5. The summed E-state index contributed by atoms with van der Waals surface area (Å²) < 4.78 is 39.8. The summed E-state index contributed by atoms with van der Waals surface area (Å²) in [5, 5.41) is 2.97. The van der Waals surface area contributed by atoms with E-state index in [0.717, 1.165) is 21.2 Å². The number of carbonyl (C=O) groups is 1. The molecular weight excluding hydrogens is 434 g/mol. The second-order valence-corrected chi connectivity index (χ2v) is 10.9. The van der Waals surface area contributed by atoms with Gasteiger partial charge in [0.1, 0.15) is 10.6 Å². The lowest BCUT2D eigenvalue weighted by Crippen LogP contribution is -2.31. The summed E-state index contributed by atoms with van der Waals surface area (Å²) in [6.45, 7) is 7.91. The Morgan fingerprint density at radius 2 is 1.81 bits per heavy atom. The molecule has 8 heteroatoms. The molecule has 1 aromatic heterocycles. The summed E-state index contributed by atoms with van der Waals surface area (Å²) in [4.78, 5) is 12.7. The Kier molecular flexibility index (Phi) is 6.45. The van der Waals surface area contributed by atoms with Gasteiger partial charge in [-0.05, 0) is 58.5 Å². The number of rotatable bonds is 6. The molecule has 1 atom stereocenters. The average Bonchev–Trinajstić information content (AvgIpc) is 3.15. The number of sulfonamides is 1. The minimum absolute atomic E-state index is 0.0656. The molecule has 166 valence electrons. The van der Waals surface area contributed by atoms with Crippen molar-refractivity contribution in [3.63, 3.8) is 0 Å². The number of amides is 1. The summed E-state index contributed by atoms with van der Waals surface area (Å²) in [5.74, 6) is -0.514. The molecule has 0 radical (unpaired) electrons. The van der Waals surface area contributed by atoms with E-state index >= 15 is 0 Å². The zero-order chi connectivity index (χ0) is 23.0. The highest BCUT2D eigenvalue weighted by Gasteiger charge is 2.26. The van der Waals surface area contributed by atoms with Crippen LogP contribution in [-0.2, 0) is 20.2 Å². The largest absolute Gasteiger partial charge is 0.495 e. The highest BCUT2D eigenvalue weighted by atomic mass is 32.2. The molecule has 1 heterocycles. The smallest absolute Gasteiger partial charge is 0.268 e. The van der Waals surface area contributed by atoms with Crippen LogP contribution < -0.4 is 9.46 Å². The number of nitrogens with one attached hydrogen (secondary N) is 1. The van der Waals surface area contributed by atoms with E-state index in [2.05, 4.69) is 4.72 Å². The molecule has 0 spiro atoms. The number of hydrogen-bond acceptors (Lipinski definition) is 6. The molecule has 6 nitrogen and oxygen atoms in total. The van der Waals surface area contributed by atoms with Crippen molar-refractivity contribution in [1.82, 2.24) is 4.72 Å². The molecule has 3 aromatic rings. The van der Waals surface area contributed by atoms with Crippen molar-refractivity contribution in [2.24, 2.45) is 0 Å². The van der Waals surface area contributed by atoms with Gasteiger partial charge in [-0.3, -0.25) is 4.79 Å². The Labute approximate surface area is 187 Å². The maximum absolute atomic E-state index is 13.0. The van der Waals surface area contributed by atoms with Gasteiger partial charge in [-0.25, -0.2) is 13.1 Å². The lowest BCUT2D eigenvalue weighted by atomic mass is 9.87. The van der Waals surface area contributed by atoms with Crippen LogP contribution in [0.1, 0.15) is 55.3 Å². The lowest BCUT2D eigenvalue weighted by Gasteiger charge is -2.21. The Morgan fingerprint density at radius 1 is 1.10 bits per heavy atom. The number of fused-ring (bicyclic) bond motifs is 1. The first kappa shape index (κ1) is 23.2. The summed E-state index contributed by atoms with van der Waals surface area (Å²) in [6, 6.07) is 10.1. The fraction of sp³-hybridized carbons (Fsp3) is 0.348. The number of ether oxygens (including phenoxy) is 2. The maximum atomic E-state index is 13.0. The van der Waals surface area contributed by atoms with Gasteiger partial charge >= 0.3 is 0 Å². The number of thiophene rings is 1. The van der Waals surface area contributed by atoms with E-state index in [-0.39, 0.29) is 27.7 Å². The van der Waals surface area contributed by atoms with E-state index in [1.54, 1.807) is 31.4 Å². The molecule has 0 saturated heterocycles. The van der Waals surface area contributed by atoms with E-state index in [1.165, 1.54) is 18.4 Å². The molecule has 1 N–H and O–H groups in total. The molecule has 2 aromatic carbocycles. The first-order valence-corrected chi connectivity index (χ1v) is 12.1. The summed E-state index contributed by atoms with van der Waals surface area (Å²) >= 11 is 1.48. The van der Waals surface area contributed by atoms with Gasteiger partial charge in [-0.1, -0.05) is 32.9 Å². The van der Waals surface area contributed by atoms with Crippen molar-refractivity contribution in [2.75, 3.05) is 14.2 Å². The van der Waals surface area contributed by atoms with Gasteiger partial charge in [0.05, 0.1) is 13.2 Å². The van der Waals surface area contributed by atoms with Crippen molar-refractivity contribution >= 4 is 37.4 Å². The van der Waals surface area contributed by atoms with Crippen LogP contribution in [0.2, 0.25) is 0 Å². The van der Waals surface area contributed by atoms with Crippen LogP contribution in [0.15, 0.2) is 46.7 Å². The first-order valence-electron chi connectivity index (χ1n) is 9.77. The van der Waals surface area contributed by atoms with Gasteiger partial charge in [0.15, 0.2) is 0 Å². The number of benzene rings is 2. The number of hydrogen-bond donors (Lipinski definition) is 1. The third-order valence-electron chi connectivity index (χ3n) is 5.21. The van der Waals surface area contributed by atoms with Crippen LogP contribution in [-0.4, -0.2) is 28.5 Å². The molecule has 0 saturated carbocycles. The number of carbonyl (C=O) groups excluding carboxylic acids is 1. The van der Waals surface area contributed by atoms with Gasteiger partial charge in [0.25, 0.3) is 15.9 Å². The van der Waals surface area contributed by atoms with Gasteiger partial charge in [0, 0.05) is 17.4 Å². The summed E-state index contributed by atoms with van der Waals surface area (Å²) in [5.41, 5.74) is 1.86. The number of methoxy groups -OCH3 is 2.